The van der Waals surface area contributed by atoms with Crippen LogP contribution in [-0.4, -0.2) is 28.8 Å². The molecule has 0 aromatic carbocycles. The zero-order valence-corrected chi connectivity index (χ0v) is 5.95. The van der Waals surface area contributed by atoms with E-state index in [9.17, 15) is 4.79 Å². The first-order chi connectivity index (χ1) is 4.57. The van der Waals surface area contributed by atoms with E-state index < -0.39 is 12.1 Å². The van der Waals surface area contributed by atoms with E-state index in [4.69, 9.17) is 15.9 Å². The Hall–Kier alpha value is -0.610. The maximum Gasteiger partial charge on any atom is 0.303 e. The monoisotopic (exact) mass is 147 g/mol. The van der Waals surface area contributed by atoms with Gasteiger partial charge in [0, 0.05) is 6.54 Å². The molecule has 2 atom stereocenters. The summed E-state index contributed by atoms with van der Waals surface area (Å²) in [6.07, 6.45) is -0.727. The van der Waals surface area contributed by atoms with E-state index in [0.29, 0.717) is 0 Å². The summed E-state index contributed by atoms with van der Waals surface area (Å²) in [5.41, 5.74) is 5.11. The lowest BCUT2D eigenvalue weighted by Crippen LogP contribution is -2.28. The fourth-order valence-corrected chi connectivity index (χ4v) is 0.644. The van der Waals surface area contributed by atoms with Gasteiger partial charge < -0.3 is 15.9 Å². The molecule has 0 aromatic heterocycles. The van der Waals surface area contributed by atoms with Crippen LogP contribution >= 0.6 is 0 Å². The predicted molar refractivity (Wildman–Crippen MR) is 36.5 cm³/mol. The molecule has 0 unspecified atom stereocenters. The molecule has 0 saturated heterocycles. The molecule has 0 spiro atoms. The van der Waals surface area contributed by atoms with Gasteiger partial charge in [-0.2, -0.15) is 0 Å². The molecule has 10 heavy (non-hydrogen) atoms. The van der Waals surface area contributed by atoms with Gasteiger partial charge in [-0.3, -0.25) is 4.79 Å². The topological polar surface area (TPSA) is 83.5 Å². The molecule has 0 rings (SSSR count). The molecule has 0 aliphatic heterocycles. The van der Waals surface area contributed by atoms with E-state index in [1.54, 1.807) is 6.92 Å². The summed E-state index contributed by atoms with van der Waals surface area (Å²) in [5, 5.41) is 17.3. The second kappa shape index (κ2) is 4.24. The maximum absolute atomic E-state index is 10.1. The van der Waals surface area contributed by atoms with E-state index in [-0.39, 0.29) is 18.9 Å². The van der Waals surface area contributed by atoms with Gasteiger partial charge >= 0.3 is 5.97 Å². The van der Waals surface area contributed by atoms with Crippen molar-refractivity contribution in [2.24, 2.45) is 11.7 Å². The normalized spacial score (nSPS) is 16.3. The average molecular weight is 147 g/mol. The molecule has 0 amide bonds. The first-order valence-corrected chi connectivity index (χ1v) is 3.17. The maximum atomic E-state index is 10.1. The van der Waals surface area contributed by atoms with Crippen LogP contribution in [0, 0.1) is 5.92 Å². The summed E-state index contributed by atoms with van der Waals surface area (Å²) < 4.78 is 0. The highest BCUT2D eigenvalue weighted by Gasteiger charge is 2.14. The SMILES string of the molecule is C[C@@H](CC(=O)O)[C@H](O)CN. The highest BCUT2D eigenvalue weighted by Crippen LogP contribution is 2.06. The number of carboxylic acids is 1. The molecule has 0 bridgehead atoms. The van der Waals surface area contributed by atoms with Crippen LogP contribution in [0.15, 0.2) is 0 Å². The number of hydrogen-bond acceptors (Lipinski definition) is 3. The Morgan fingerprint density at radius 2 is 2.20 bits per heavy atom. The van der Waals surface area contributed by atoms with Crippen molar-refractivity contribution in [1.82, 2.24) is 0 Å². The van der Waals surface area contributed by atoms with E-state index in [0.717, 1.165) is 0 Å². The third-order valence-electron chi connectivity index (χ3n) is 1.39. The van der Waals surface area contributed by atoms with Crippen molar-refractivity contribution in [3.05, 3.63) is 0 Å². The van der Waals surface area contributed by atoms with Crippen LogP contribution in [-0.2, 0) is 4.79 Å². The van der Waals surface area contributed by atoms with E-state index in [1.165, 1.54) is 0 Å². The Balaban J connectivity index is 3.61. The number of aliphatic hydroxyl groups excluding tert-OH is 1. The van der Waals surface area contributed by atoms with Gasteiger partial charge in [-0.25, -0.2) is 0 Å². The fourth-order valence-electron chi connectivity index (χ4n) is 0.644. The summed E-state index contributed by atoms with van der Waals surface area (Å²) in [5.74, 6) is -1.16. The average Bonchev–Trinajstić information content (AvgIpc) is 1.85. The molecule has 0 aliphatic rings. The molecular formula is C6H13NO3. The quantitative estimate of drug-likeness (QED) is 0.496. The smallest absolute Gasteiger partial charge is 0.303 e. The Kier molecular flexibility index (Phi) is 3.99. The van der Waals surface area contributed by atoms with Gasteiger partial charge in [0.25, 0.3) is 0 Å². The van der Waals surface area contributed by atoms with Gasteiger partial charge in [-0.15, -0.1) is 0 Å². The molecular weight excluding hydrogens is 134 g/mol. The fraction of sp³-hybridized carbons (Fsp3) is 0.833. The summed E-state index contributed by atoms with van der Waals surface area (Å²) in [6.45, 7) is 1.78. The molecule has 60 valence electrons. The van der Waals surface area contributed by atoms with Gasteiger partial charge in [0.2, 0.25) is 0 Å². The molecule has 0 fully saturated rings. The Labute approximate surface area is 59.7 Å². The second-order valence-electron chi connectivity index (χ2n) is 2.38. The van der Waals surface area contributed by atoms with Gasteiger partial charge in [0.1, 0.15) is 0 Å². The number of aliphatic carboxylic acids is 1. The molecule has 4 nitrogen and oxygen atoms in total. The molecule has 0 heterocycles. The molecule has 4 heteroatoms. The Morgan fingerprint density at radius 1 is 1.70 bits per heavy atom. The number of nitrogens with two attached hydrogens (primary N) is 1. The van der Waals surface area contributed by atoms with Crippen molar-refractivity contribution < 1.29 is 15.0 Å². The summed E-state index contributed by atoms with van der Waals surface area (Å²) in [4.78, 5) is 10.1. The minimum absolute atomic E-state index is 0.0294. The molecule has 0 aromatic rings. The molecule has 0 radical (unpaired) electrons. The van der Waals surface area contributed by atoms with Gasteiger partial charge in [-0.05, 0) is 5.92 Å². The minimum atomic E-state index is -0.903. The first kappa shape index (κ1) is 9.39. The van der Waals surface area contributed by atoms with Crippen LogP contribution < -0.4 is 5.73 Å². The van der Waals surface area contributed by atoms with E-state index in [1.807, 2.05) is 0 Å². The van der Waals surface area contributed by atoms with Crippen LogP contribution in [0.4, 0.5) is 0 Å². The third-order valence-corrected chi connectivity index (χ3v) is 1.39. The van der Waals surface area contributed by atoms with Crippen molar-refractivity contribution in [1.29, 1.82) is 0 Å². The molecule has 0 aliphatic carbocycles. The summed E-state index contributed by atoms with van der Waals surface area (Å²) >= 11 is 0. The molecule has 0 saturated carbocycles. The Morgan fingerprint density at radius 3 is 2.50 bits per heavy atom. The zero-order chi connectivity index (χ0) is 8.15. The van der Waals surface area contributed by atoms with E-state index in [2.05, 4.69) is 0 Å². The van der Waals surface area contributed by atoms with Crippen molar-refractivity contribution in [2.75, 3.05) is 6.54 Å². The lowest BCUT2D eigenvalue weighted by Gasteiger charge is -2.13. The number of carboxylic acid groups (broad SMARTS) is 1. The lowest BCUT2D eigenvalue weighted by molar-refractivity contribution is -0.138. The van der Waals surface area contributed by atoms with Gasteiger partial charge in [-0.1, -0.05) is 6.92 Å². The molecule has 4 N–H and O–H groups in total. The highest BCUT2D eigenvalue weighted by atomic mass is 16.4. The largest absolute Gasteiger partial charge is 0.481 e. The van der Waals surface area contributed by atoms with Crippen LogP contribution in [0.5, 0.6) is 0 Å². The number of hydrogen-bond donors (Lipinski definition) is 3. The zero-order valence-electron chi connectivity index (χ0n) is 5.95. The first-order valence-electron chi connectivity index (χ1n) is 3.17. The van der Waals surface area contributed by atoms with Crippen LogP contribution in [0.1, 0.15) is 13.3 Å². The van der Waals surface area contributed by atoms with Crippen LogP contribution in [0.2, 0.25) is 0 Å². The van der Waals surface area contributed by atoms with Crippen molar-refractivity contribution in [2.45, 2.75) is 19.4 Å². The lowest BCUT2D eigenvalue weighted by atomic mass is 10.0. The van der Waals surface area contributed by atoms with Crippen molar-refractivity contribution in [3.63, 3.8) is 0 Å². The predicted octanol–water partition coefficient (Wildman–Crippen LogP) is -0.583. The summed E-state index contributed by atoms with van der Waals surface area (Å²) in [6, 6.07) is 0. The standard InChI is InChI=1S/C6H13NO3/c1-4(2-6(9)10)5(8)3-7/h4-5,8H,2-3,7H2,1H3,(H,9,10)/t4-,5+/m0/s1. The van der Waals surface area contributed by atoms with Crippen molar-refractivity contribution >= 4 is 5.97 Å². The van der Waals surface area contributed by atoms with Gasteiger partial charge in [0.15, 0.2) is 0 Å². The Bertz CT molecular complexity index is 116. The third kappa shape index (κ3) is 3.42. The van der Waals surface area contributed by atoms with Gasteiger partial charge in [0.05, 0.1) is 12.5 Å². The van der Waals surface area contributed by atoms with Crippen LogP contribution in [0.3, 0.4) is 0 Å². The van der Waals surface area contributed by atoms with Crippen molar-refractivity contribution in [3.8, 4) is 0 Å². The summed E-state index contributed by atoms with van der Waals surface area (Å²) in [7, 11) is 0. The number of rotatable bonds is 4. The second-order valence-corrected chi connectivity index (χ2v) is 2.38. The highest BCUT2D eigenvalue weighted by molar-refractivity contribution is 5.67. The number of aliphatic hydroxyl groups is 1. The van der Waals surface area contributed by atoms with Crippen LogP contribution in [0.25, 0.3) is 0 Å². The number of carbonyl (C=O) groups is 1. The minimum Gasteiger partial charge on any atom is -0.481 e. The van der Waals surface area contributed by atoms with E-state index >= 15 is 0 Å².